The number of rotatable bonds is 10. The van der Waals surface area contributed by atoms with Gasteiger partial charge in [0.05, 0.1) is 26.5 Å². The van der Waals surface area contributed by atoms with Gasteiger partial charge >= 0.3 is 5.97 Å². The molecule has 0 N–H and O–H groups in total. The summed E-state index contributed by atoms with van der Waals surface area (Å²) in [4.78, 5) is 20.4. The molecule has 5 aromatic rings. The normalized spacial score (nSPS) is 15.7. The van der Waals surface area contributed by atoms with Gasteiger partial charge in [-0.3, -0.25) is 0 Å². The highest BCUT2D eigenvalue weighted by Gasteiger charge is 2.54. The lowest BCUT2D eigenvalue weighted by molar-refractivity contribution is 0.0228. The molecule has 1 aliphatic heterocycles. The van der Waals surface area contributed by atoms with Crippen LogP contribution >= 0.6 is 0 Å². The highest BCUT2D eigenvalue weighted by atomic mass is 16.6. The molecule has 0 spiro atoms. The summed E-state index contributed by atoms with van der Waals surface area (Å²) in [5, 5.41) is 0. The van der Waals surface area contributed by atoms with Gasteiger partial charge in [-0.05, 0) is 75.4 Å². The van der Waals surface area contributed by atoms with Crippen molar-refractivity contribution in [3.8, 4) is 28.4 Å². The fourth-order valence-corrected chi connectivity index (χ4v) is 6.17. The van der Waals surface area contributed by atoms with Gasteiger partial charge in [0.2, 0.25) is 5.60 Å². The van der Waals surface area contributed by atoms with Crippen LogP contribution in [-0.2, 0) is 10.3 Å². The molecule has 1 unspecified atom stereocenters. The Morgan fingerprint density at radius 3 is 2.44 bits per heavy atom. The van der Waals surface area contributed by atoms with Crippen LogP contribution in [0.3, 0.4) is 0 Å². The summed E-state index contributed by atoms with van der Waals surface area (Å²) in [5.41, 5.74) is 4.51. The zero-order valence-electron chi connectivity index (χ0n) is 25.1. The van der Waals surface area contributed by atoms with Crippen LogP contribution in [0.15, 0.2) is 85.2 Å². The molecule has 0 aliphatic carbocycles. The predicted octanol–water partition coefficient (Wildman–Crippen LogP) is 6.73. The molecule has 0 saturated carbocycles. The van der Waals surface area contributed by atoms with E-state index in [-0.39, 0.29) is 5.69 Å². The molecule has 0 amide bonds. The zero-order chi connectivity index (χ0) is 30.1. The first-order valence-electron chi connectivity index (χ1n) is 14.5. The maximum Gasteiger partial charge on any atom is 0.359 e. The molecule has 0 fully saturated rings. The molecule has 0 saturated heterocycles. The summed E-state index contributed by atoms with van der Waals surface area (Å²) < 4.78 is 26.5. The summed E-state index contributed by atoms with van der Waals surface area (Å²) in [5.74, 6) is 1.46. The summed E-state index contributed by atoms with van der Waals surface area (Å²) >= 11 is 0. The van der Waals surface area contributed by atoms with Gasteiger partial charge in [0.25, 0.3) is 0 Å². The van der Waals surface area contributed by atoms with Crippen molar-refractivity contribution in [3.63, 3.8) is 0 Å². The minimum Gasteiger partial charge on any atom is -0.497 e. The second kappa shape index (κ2) is 11.4. The molecule has 220 valence electrons. The Kier molecular flexibility index (Phi) is 7.44. The average molecular weight is 578 g/mol. The lowest BCUT2D eigenvalue weighted by Crippen LogP contribution is -2.33. The number of anilines is 1. The lowest BCUT2D eigenvalue weighted by atomic mass is 9.80. The van der Waals surface area contributed by atoms with E-state index in [0.29, 0.717) is 35.0 Å². The molecule has 0 radical (unpaired) electrons. The Hall–Kier alpha value is -4.98. The number of esters is 1. The first kappa shape index (κ1) is 28.2. The third kappa shape index (κ3) is 4.45. The largest absolute Gasteiger partial charge is 0.497 e. The number of cyclic esters (lactones) is 1. The highest BCUT2D eigenvalue weighted by Crippen LogP contribution is 2.54. The first-order chi connectivity index (χ1) is 21.0. The van der Waals surface area contributed by atoms with E-state index in [1.807, 2.05) is 73.8 Å². The summed E-state index contributed by atoms with van der Waals surface area (Å²) in [6.45, 7) is 8.33. The first-order valence-corrected chi connectivity index (χ1v) is 14.5. The SMILES string of the molecule is CCOc1cc(N(CC)CC)ccc1C1(c2c(-c3cc(OC)ccc3OC)cc3ccccn23)OC(=O)c2ncccc21. The molecular weight excluding hydrogens is 542 g/mol. The summed E-state index contributed by atoms with van der Waals surface area (Å²) in [6.07, 6.45) is 3.60. The maximum absolute atomic E-state index is 13.7. The number of pyridine rings is 2. The number of carbonyl (C=O) groups excluding carboxylic acids is 1. The Morgan fingerprint density at radius 1 is 0.860 bits per heavy atom. The second-order valence-electron chi connectivity index (χ2n) is 10.2. The molecule has 8 nitrogen and oxygen atoms in total. The van der Waals surface area contributed by atoms with Crippen molar-refractivity contribution in [1.29, 1.82) is 0 Å². The van der Waals surface area contributed by atoms with E-state index in [4.69, 9.17) is 18.9 Å². The van der Waals surface area contributed by atoms with Crippen molar-refractivity contribution >= 4 is 17.2 Å². The van der Waals surface area contributed by atoms with E-state index >= 15 is 0 Å². The molecule has 0 bridgehead atoms. The van der Waals surface area contributed by atoms with E-state index in [1.54, 1.807) is 20.4 Å². The Balaban J connectivity index is 1.76. The minimum atomic E-state index is -1.40. The molecular formula is C35H35N3O5. The van der Waals surface area contributed by atoms with Gasteiger partial charge in [0.1, 0.15) is 17.2 Å². The van der Waals surface area contributed by atoms with Gasteiger partial charge in [0, 0.05) is 65.0 Å². The Morgan fingerprint density at radius 2 is 1.70 bits per heavy atom. The average Bonchev–Trinajstić information content (AvgIpc) is 3.57. The molecule has 1 aliphatic rings. The van der Waals surface area contributed by atoms with Gasteiger partial charge in [-0.25, -0.2) is 9.78 Å². The van der Waals surface area contributed by atoms with Gasteiger partial charge in [0.15, 0.2) is 5.69 Å². The third-order valence-electron chi connectivity index (χ3n) is 8.11. The number of methoxy groups -OCH3 is 2. The number of nitrogens with zero attached hydrogens (tertiary/aromatic N) is 3. The Bertz CT molecular complexity index is 1810. The van der Waals surface area contributed by atoms with E-state index in [0.717, 1.165) is 41.1 Å². The number of fused-ring (bicyclic) bond motifs is 2. The van der Waals surface area contributed by atoms with Gasteiger partial charge in [-0.2, -0.15) is 0 Å². The summed E-state index contributed by atoms with van der Waals surface area (Å²) in [7, 11) is 3.28. The fraction of sp³-hybridized carbons (Fsp3) is 0.257. The molecule has 6 rings (SSSR count). The number of benzene rings is 2. The molecule has 43 heavy (non-hydrogen) atoms. The molecule has 1 atom stereocenters. The summed E-state index contributed by atoms with van der Waals surface area (Å²) in [6, 6.07) is 23.6. The number of hydrogen-bond acceptors (Lipinski definition) is 7. The quantitative estimate of drug-likeness (QED) is 0.171. The zero-order valence-corrected chi connectivity index (χ0v) is 25.1. The van der Waals surface area contributed by atoms with Gasteiger partial charge in [-0.15, -0.1) is 0 Å². The second-order valence-corrected chi connectivity index (χ2v) is 10.2. The predicted molar refractivity (Wildman–Crippen MR) is 167 cm³/mol. The fourth-order valence-electron chi connectivity index (χ4n) is 6.17. The van der Waals surface area contributed by atoms with Crippen molar-refractivity contribution in [2.45, 2.75) is 26.4 Å². The van der Waals surface area contributed by atoms with E-state index in [9.17, 15) is 4.79 Å². The van der Waals surface area contributed by atoms with Crippen molar-refractivity contribution in [3.05, 3.63) is 108 Å². The van der Waals surface area contributed by atoms with Crippen molar-refractivity contribution in [1.82, 2.24) is 9.38 Å². The molecule has 4 heterocycles. The van der Waals surface area contributed by atoms with E-state index in [2.05, 4.69) is 40.3 Å². The van der Waals surface area contributed by atoms with Crippen LogP contribution in [0.4, 0.5) is 5.69 Å². The minimum absolute atomic E-state index is 0.271. The highest BCUT2D eigenvalue weighted by molar-refractivity contribution is 5.96. The van der Waals surface area contributed by atoms with Crippen LogP contribution < -0.4 is 19.1 Å². The van der Waals surface area contributed by atoms with Crippen molar-refractivity contribution in [2.75, 3.05) is 38.8 Å². The number of carbonyl (C=O) groups is 1. The van der Waals surface area contributed by atoms with Crippen molar-refractivity contribution < 1.29 is 23.7 Å². The van der Waals surface area contributed by atoms with Crippen LogP contribution in [0.1, 0.15) is 48.1 Å². The maximum atomic E-state index is 13.7. The van der Waals surface area contributed by atoms with Crippen LogP contribution in [0.5, 0.6) is 17.2 Å². The van der Waals surface area contributed by atoms with Gasteiger partial charge < -0.3 is 28.2 Å². The van der Waals surface area contributed by atoms with Crippen LogP contribution in [-0.4, -0.2) is 49.3 Å². The smallest absolute Gasteiger partial charge is 0.359 e. The van der Waals surface area contributed by atoms with Crippen molar-refractivity contribution in [2.24, 2.45) is 0 Å². The van der Waals surface area contributed by atoms with Gasteiger partial charge in [-0.1, -0.05) is 12.1 Å². The molecule has 8 heteroatoms. The molecule has 2 aromatic carbocycles. The monoisotopic (exact) mass is 577 g/mol. The van der Waals surface area contributed by atoms with Crippen LogP contribution in [0.2, 0.25) is 0 Å². The number of aromatic nitrogens is 2. The Labute approximate surface area is 251 Å². The van der Waals surface area contributed by atoms with Crippen LogP contribution in [0, 0.1) is 0 Å². The van der Waals surface area contributed by atoms with E-state index < -0.39 is 11.6 Å². The number of hydrogen-bond donors (Lipinski definition) is 0. The third-order valence-corrected chi connectivity index (χ3v) is 8.11. The standard InChI is InChI=1S/C35H35N3O5/c1-6-37(7-2)23-14-16-28(31(21-23)42-8-3)35(29-13-11-18-36-32(29)34(39)43-35)33-27(20-24-12-9-10-19-38(24)33)26-22-25(40-4)15-17-30(26)41-5/h9-22H,6-8H2,1-5H3. The number of ether oxygens (including phenoxy) is 4. The van der Waals surface area contributed by atoms with Crippen LogP contribution in [0.25, 0.3) is 16.6 Å². The molecule has 3 aromatic heterocycles. The van der Waals surface area contributed by atoms with E-state index in [1.165, 1.54) is 0 Å². The topological polar surface area (TPSA) is 74.5 Å². The lowest BCUT2D eigenvalue weighted by Gasteiger charge is -2.33.